The lowest BCUT2D eigenvalue weighted by Crippen LogP contribution is -2.16. The number of hydrogen-bond acceptors (Lipinski definition) is 5. The lowest BCUT2D eigenvalue weighted by atomic mass is 9.94. The first-order valence-corrected chi connectivity index (χ1v) is 7.04. The fraction of sp³-hybridized carbons (Fsp3) is 0.417. The topological polar surface area (TPSA) is 73.0 Å². The van der Waals surface area contributed by atoms with Crippen molar-refractivity contribution >= 4 is 22.8 Å². The Morgan fingerprint density at radius 3 is 3.26 bits per heavy atom. The van der Waals surface area contributed by atoms with Crippen LogP contribution in [-0.2, 0) is 13.5 Å². The van der Waals surface area contributed by atoms with Crippen molar-refractivity contribution < 1.29 is 4.92 Å². The van der Waals surface area contributed by atoms with Gasteiger partial charge in [-0.2, -0.15) is 0 Å². The van der Waals surface area contributed by atoms with Gasteiger partial charge in [0.25, 0.3) is 0 Å². The molecule has 0 spiro atoms. The normalized spacial score (nSPS) is 18.1. The maximum Gasteiger partial charge on any atom is 0.330 e. The maximum atomic E-state index is 11.0. The number of anilines is 1. The van der Waals surface area contributed by atoms with Gasteiger partial charge < -0.3 is 5.32 Å². The van der Waals surface area contributed by atoms with Gasteiger partial charge >= 0.3 is 5.69 Å². The van der Waals surface area contributed by atoms with Crippen LogP contribution in [-0.4, -0.2) is 14.7 Å². The summed E-state index contributed by atoms with van der Waals surface area (Å²) in [6.45, 7) is 0. The average molecular weight is 278 g/mol. The van der Waals surface area contributed by atoms with Crippen LogP contribution in [0.3, 0.4) is 0 Å². The van der Waals surface area contributed by atoms with Crippen molar-refractivity contribution in [3.8, 4) is 0 Å². The van der Waals surface area contributed by atoms with Gasteiger partial charge in [-0.25, -0.2) is 0 Å². The van der Waals surface area contributed by atoms with Crippen molar-refractivity contribution in [1.82, 2.24) is 9.78 Å². The van der Waals surface area contributed by atoms with E-state index in [2.05, 4.69) is 21.9 Å². The molecular weight excluding hydrogens is 264 g/mol. The zero-order chi connectivity index (χ0) is 13.4. The molecule has 0 amide bonds. The molecule has 100 valence electrons. The molecule has 1 aliphatic rings. The van der Waals surface area contributed by atoms with Crippen LogP contribution in [0.4, 0.5) is 11.5 Å². The van der Waals surface area contributed by atoms with E-state index in [-0.39, 0.29) is 11.7 Å². The highest BCUT2D eigenvalue weighted by Gasteiger charge is 2.26. The molecule has 1 unspecified atom stereocenters. The number of aromatic nitrogens is 2. The SMILES string of the molecule is Cn1cc([N+](=O)[O-])c(NC2CCCc3sccc32)n1. The van der Waals surface area contributed by atoms with Gasteiger partial charge in [0.05, 0.1) is 11.0 Å². The van der Waals surface area contributed by atoms with E-state index in [0.717, 1.165) is 19.3 Å². The number of aryl methyl sites for hydroxylation is 2. The molecule has 1 aliphatic carbocycles. The first-order chi connectivity index (χ1) is 9.15. The van der Waals surface area contributed by atoms with Gasteiger partial charge in [-0.15, -0.1) is 16.4 Å². The van der Waals surface area contributed by atoms with Crippen LogP contribution in [0, 0.1) is 10.1 Å². The molecule has 0 fully saturated rings. The predicted octanol–water partition coefficient (Wildman–Crippen LogP) is 2.88. The second kappa shape index (κ2) is 4.65. The Balaban J connectivity index is 1.89. The summed E-state index contributed by atoms with van der Waals surface area (Å²) in [5.74, 6) is 0.358. The Bertz CT molecular complexity index is 619. The quantitative estimate of drug-likeness (QED) is 0.692. The second-order valence-corrected chi connectivity index (χ2v) is 5.68. The first kappa shape index (κ1) is 12.2. The van der Waals surface area contributed by atoms with Crippen molar-refractivity contribution in [3.05, 3.63) is 38.2 Å². The van der Waals surface area contributed by atoms with Gasteiger partial charge in [0.1, 0.15) is 6.20 Å². The van der Waals surface area contributed by atoms with Crippen molar-refractivity contribution in [1.29, 1.82) is 0 Å². The van der Waals surface area contributed by atoms with Crippen LogP contribution in [0.5, 0.6) is 0 Å². The van der Waals surface area contributed by atoms with E-state index in [1.165, 1.54) is 21.3 Å². The average Bonchev–Trinajstić information content (AvgIpc) is 2.96. The Morgan fingerprint density at radius 2 is 2.47 bits per heavy atom. The summed E-state index contributed by atoms with van der Waals surface area (Å²) in [5.41, 5.74) is 1.29. The molecule has 6 nitrogen and oxygen atoms in total. The maximum absolute atomic E-state index is 11.0. The standard InChI is InChI=1S/C12H14N4O2S/c1-15-7-10(16(17)18)12(14-15)13-9-3-2-4-11-8(9)5-6-19-11/h5-7,9H,2-4H2,1H3,(H,13,14). The zero-order valence-corrected chi connectivity index (χ0v) is 11.3. The van der Waals surface area contributed by atoms with Crippen LogP contribution >= 0.6 is 11.3 Å². The summed E-state index contributed by atoms with van der Waals surface area (Å²) in [5, 5.41) is 20.4. The molecule has 1 atom stereocenters. The molecule has 0 aromatic carbocycles. The Morgan fingerprint density at radius 1 is 1.63 bits per heavy atom. The minimum absolute atomic E-state index is 0.0323. The fourth-order valence-electron chi connectivity index (χ4n) is 2.51. The predicted molar refractivity (Wildman–Crippen MR) is 73.5 cm³/mol. The summed E-state index contributed by atoms with van der Waals surface area (Å²) in [6, 6.07) is 2.23. The minimum Gasteiger partial charge on any atom is -0.356 e. The highest BCUT2D eigenvalue weighted by molar-refractivity contribution is 7.10. The molecule has 1 N–H and O–H groups in total. The molecule has 0 aliphatic heterocycles. The van der Waals surface area contributed by atoms with E-state index in [0.29, 0.717) is 5.82 Å². The molecule has 2 heterocycles. The third kappa shape index (κ3) is 2.21. The fourth-order valence-corrected chi connectivity index (χ4v) is 3.50. The zero-order valence-electron chi connectivity index (χ0n) is 10.5. The number of rotatable bonds is 3. The number of nitrogens with zero attached hydrogens (tertiary/aromatic N) is 3. The van der Waals surface area contributed by atoms with Gasteiger partial charge in [0, 0.05) is 11.9 Å². The summed E-state index contributed by atoms with van der Waals surface area (Å²) in [4.78, 5) is 12.0. The molecule has 7 heteroatoms. The van der Waals surface area contributed by atoms with Crippen LogP contribution in [0.15, 0.2) is 17.6 Å². The molecule has 3 rings (SSSR count). The van der Waals surface area contributed by atoms with Gasteiger partial charge in [0.15, 0.2) is 0 Å². The van der Waals surface area contributed by atoms with Gasteiger partial charge in [-0.1, -0.05) is 0 Å². The molecule has 0 bridgehead atoms. The summed E-state index contributed by atoms with van der Waals surface area (Å²) in [7, 11) is 1.69. The molecule has 19 heavy (non-hydrogen) atoms. The molecule has 2 aromatic heterocycles. The minimum atomic E-state index is -0.396. The number of nitro groups is 1. The number of nitrogens with one attached hydrogen (secondary N) is 1. The van der Waals surface area contributed by atoms with E-state index in [4.69, 9.17) is 0 Å². The Labute approximate surface area is 114 Å². The third-order valence-electron chi connectivity index (χ3n) is 3.37. The van der Waals surface area contributed by atoms with Crippen molar-refractivity contribution in [3.63, 3.8) is 0 Å². The Hall–Kier alpha value is -1.89. The first-order valence-electron chi connectivity index (χ1n) is 6.16. The smallest absolute Gasteiger partial charge is 0.330 e. The van der Waals surface area contributed by atoms with Crippen molar-refractivity contribution in [2.45, 2.75) is 25.3 Å². The van der Waals surface area contributed by atoms with Gasteiger partial charge in [-0.05, 0) is 36.3 Å². The van der Waals surface area contributed by atoms with Gasteiger partial charge in [-0.3, -0.25) is 14.8 Å². The van der Waals surface area contributed by atoms with Crippen LogP contribution in [0.2, 0.25) is 0 Å². The number of hydrogen-bond donors (Lipinski definition) is 1. The van der Waals surface area contributed by atoms with Crippen LogP contribution < -0.4 is 5.32 Å². The highest BCUT2D eigenvalue weighted by atomic mass is 32.1. The number of thiophene rings is 1. The summed E-state index contributed by atoms with van der Waals surface area (Å²) in [6.07, 6.45) is 4.62. The molecule has 0 saturated carbocycles. The van der Waals surface area contributed by atoms with E-state index in [1.54, 1.807) is 18.4 Å². The van der Waals surface area contributed by atoms with E-state index in [1.807, 2.05) is 0 Å². The van der Waals surface area contributed by atoms with Crippen molar-refractivity contribution in [2.24, 2.45) is 7.05 Å². The molecule has 2 aromatic rings. The van der Waals surface area contributed by atoms with Crippen LogP contribution in [0.1, 0.15) is 29.3 Å². The van der Waals surface area contributed by atoms with E-state index < -0.39 is 4.92 Å². The molecule has 0 saturated heterocycles. The second-order valence-electron chi connectivity index (χ2n) is 4.68. The monoisotopic (exact) mass is 278 g/mol. The van der Waals surface area contributed by atoms with E-state index >= 15 is 0 Å². The molecule has 0 radical (unpaired) electrons. The lowest BCUT2D eigenvalue weighted by Gasteiger charge is -2.23. The van der Waals surface area contributed by atoms with Gasteiger partial charge in [0.2, 0.25) is 5.82 Å². The summed E-state index contributed by atoms with van der Waals surface area (Å²) >= 11 is 1.76. The Kier molecular flexibility index (Phi) is 2.98. The highest BCUT2D eigenvalue weighted by Crippen LogP contribution is 2.36. The largest absolute Gasteiger partial charge is 0.356 e. The third-order valence-corrected chi connectivity index (χ3v) is 4.37. The van der Waals surface area contributed by atoms with Crippen LogP contribution in [0.25, 0.3) is 0 Å². The molecular formula is C12H14N4O2S. The summed E-state index contributed by atoms with van der Waals surface area (Å²) < 4.78 is 1.47. The van der Waals surface area contributed by atoms with E-state index in [9.17, 15) is 10.1 Å². The van der Waals surface area contributed by atoms with Crippen molar-refractivity contribution in [2.75, 3.05) is 5.32 Å². The lowest BCUT2D eigenvalue weighted by molar-refractivity contribution is -0.384. The number of fused-ring (bicyclic) bond motifs is 1.